The van der Waals surface area contributed by atoms with Crippen LogP contribution in [0.5, 0.6) is 5.75 Å². The lowest BCUT2D eigenvalue weighted by Crippen LogP contribution is -2.39. The Morgan fingerprint density at radius 1 is 1.17 bits per heavy atom. The summed E-state index contributed by atoms with van der Waals surface area (Å²) in [5.74, 6) is -0.548. The van der Waals surface area contributed by atoms with E-state index in [9.17, 15) is 18.7 Å². The normalized spacial score (nSPS) is 16.0. The van der Waals surface area contributed by atoms with Gasteiger partial charge in [0.25, 0.3) is 0 Å². The number of carbonyl (C=O) groups is 1. The number of ether oxygens (including phenoxy) is 1. The number of piperidine rings is 1. The number of aromatic nitrogens is 4. The van der Waals surface area contributed by atoms with Gasteiger partial charge in [0.15, 0.2) is 0 Å². The number of hydrogen-bond acceptors (Lipinski definition) is 6. The number of pyridine rings is 1. The van der Waals surface area contributed by atoms with Crippen LogP contribution in [0.4, 0.5) is 14.7 Å². The average Bonchev–Trinajstić information content (AvgIpc) is 3.19. The van der Waals surface area contributed by atoms with E-state index in [1.807, 2.05) is 34.6 Å². The number of halogens is 2. The molecule has 1 aliphatic rings. The fourth-order valence-corrected chi connectivity index (χ4v) is 4.63. The Morgan fingerprint density at radius 2 is 1.94 bits per heavy atom. The van der Waals surface area contributed by atoms with Crippen molar-refractivity contribution in [3.05, 3.63) is 71.9 Å². The molecule has 1 N–H and O–H groups in total. The van der Waals surface area contributed by atoms with Gasteiger partial charge in [0, 0.05) is 60.5 Å². The maximum absolute atomic E-state index is 12.9. The second kappa shape index (κ2) is 9.88. The molecule has 0 aliphatic carbocycles. The molecule has 36 heavy (non-hydrogen) atoms. The highest BCUT2D eigenvalue weighted by Gasteiger charge is 2.26. The zero-order valence-electron chi connectivity index (χ0n) is 19.6. The molecular formula is C26H25F2N5O3. The standard InChI is InChI=1S/C26H25F2N5O3/c1-16-21(11-17-5-2-3-7-22(17)36-25(27)28)33-15-18(8-9-23(33)31-16)20-12-29-26(30-13-20)32-10-4-6-19(14-32)24(34)35/h2-3,5,7-9,12-13,15,19,25H,4,6,10-11,14H2,1H3,(H,34,35)/t19-/m1/s1. The summed E-state index contributed by atoms with van der Waals surface area (Å²) >= 11 is 0. The number of carboxylic acid groups (broad SMARTS) is 1. The predicted molar refractivity (Wildman–Crippen MR) is 129 cm³/mol. The smallest absolute Gasteiger partial charge is 0.387 e. The molecule has 0 unspecified atom stereocenters. The van der Waals surface area contributed by atoms with Gasteiger partial charge in [-0.15, -0.1) is 0 Å². The fourth-order valence-electron chi connectivity index (χ4n) is 4.63. The Hall–Kier alpha value is -4.08. The second-order valence-electron chi connectivity index (χ2n) is 8.85. The van der Waals surface area contributed by atoms with Crippen molar-refractivity contribution in [3.63, 3.8) is 0 Å². The van der Waals surface area contributed by atoms with Gasteiger partial charge in [-0.1, -0.05) is 18.2 Å². The molecule has 186 valence electrons. The molecule has 1 aromatic carbocycles. The Kier molecular flexibility index (Phi) is 6.49. The largest absolute Gasteiger partial charge is 0.481 e. The van der Waals surface area contributed by atoms with Crippen molar-refractivity contribution in [1.82, 2.24) is 19.4 Å². The molecule has 4 aromatic rings. The van der Waals surface area contributed by atoms with Crippen LogP contribution in [0.2, 0.25) is 0 Å². The van der Waals surface area contributed by atoms with Gasteiger partial charge in [-0.2, -0.15) is 8.78 Å². The van der Waals surface area contributed by atoms with Gasteiger partial charge < -0.3 is 19.1 Å². The lowest BCUT2D eigenvalue weighted by atomic mass is 9.99. The third-order valence-electron chi connectivity index (χ3n) is 6.49. The summed E-state index contributed by atoms with van der Waals surface area (Å²) in [6, 6.07) is 10.6. The van der Waals surface area contributed by atoms with Crippen LogP contribution >= 0.6 is 0 Å². The number of para-hydroxylation sites is 1. The van der Waals surface area contributed by atoms with Gasteiger partial charge in [0.2, 0.25) is 5.95 Å². The van der Waals surface area contributed by atoms with Gasteiger partial charge in [-0.3, -0.25) is 4.79 Å². The first-order chi connectivity index (χ1) is 17.4. The Balaban J connectivity index is 1.42. The highest BCUT2D eigenvalue weighted by atomic mass is 19.3. The Labute approximate surface area is 206 Å². The summed E-state index contributed by atoms with van der Waals surface area (Å²) in [7, 11) is 0. The number of hydrogen-bond donors (Lipinski definition) is 1. The molecule has 1 atom stereocenters. The van der Waals surface area contributed by atoms with E-state index in [0.717, 1.165) is 41.1 Å². The van der Waals surface area contributed by atoms with E-state index in [1.54, 1.807) is 30.6 Å². The minimum atomic E-state index is -2.90. The first-order valence-corrected chi connectivity index (χ1v) is 11.7. The molecule has 1 aliphatic heterocycles. The van der Waals surface area contributed by atoms with Crippen LogP contribution in [0, 0.1) is 12.8 Å². The quantitative estimate of drug-likeness (QED) is 0.402. The zero-order valence-corrected chi connectivity index (χ0v) is 19.6. The molecule has 0 amide bonds. The summed E-state index contributed by atoms with van der Waals surface area (Å²) < 4.78 is 32.4. The summed E-state index contributed by atoms with van der Waals surface area (Å²) in [4.78, 5) is 26.9. The molecule has 4 heterocycles. The van der Waals surface area contributed by atoms with Crippen molar-refractivity contribution in [2.45, 2.75) is 32.8 Å². The van der Waals surface area contributed by atoms with E-state index in [4.69, 9.17) is 4.74 Å². The van der Waals surface area contributed by atoms with E-state index in [0.29, 0.717) is 30.9 Å². The molecule has 1 fully saturated rings. The van der Waals surface area contributed by atoms with Crippen LogP contribution in [-0.4, -0.2) is 50.1 Å². The summed E-state index contributed by atoms with van der Waals surface area (Å²) in [6.45, 7) is 0.113. The number of rotatable bonds is 7. The van der Waals surface area contributed by atoms with Gasteiger partial charge in [0.1, 0.15) is 11.4 Å². The SMILES string of the molecule is Cc1nc2ccc(-c3cnc(N4CCC[C@@H](C(=O)O)C4)nc3)cn2c1Cc1ccccc1OC(F)F. The van der Waals surface area contributed by atoms with Crippen molar-refractivity contribution >= 4 is 17.6 Å². The maximum atomic E-state index is 12.9. The van der Waals surface area contributed by atoms with Crippen molar-refractivity contribution in [3.8, 4) is 16.9 Å². The molecule has 3 aromatic heterocycles. The molecular weight excluding hydrogens is 468 g/mol. The number of aryl methyl sites for hydroxylation is 1. The molecule has 0 spiro atoms. The van der Waals surface area contributed by atoms with Crippen molar-refractivity contribution in [1.29, 1.82) is 0 Å². The summed E-state index contributed by atoms with van der Waals surface area (Å²) in [5, 5.41) is 9.34. The first kappa shape index (κ1) is 23.7. The maximum Gasteiger partial charge on any atom is 0.387 e. The molecule has 10 heteroatoms. The number of aliphatic carboxylic acids is 1. The minimum Gasteiger partial charge on any atom is -0.481 e. The predicted octanol–water partition coefficient (Wildman–Crippen LogP) is 4.59. The lowest BCUT2D eigenvalue weighted by Gasteiger charge is -2.30. The fraction of sp³-hybridized carbons (Fsp3) is 0.308. The number of anilines is 1. The topological polar surface area (TPSA) is 92.9 Å². The lowest BCUT2D eigenvalue weighted by molar-refractivity contribution is -0.141. The van der Waals surface area contributed by atoms with E-state index in [2.05, 4.69) is 15.0 Å². The van der Waals surface area contributed by atoms with Gasteiger partial charge in [-0.05, 0) is 38.0 Å². The van der Waals surface area contributed by atoms with Gasteiger partial charge >= 0.3 is 12.6 Å². The Bertz CT molecular complexity index is 1390. The monoisotopic (exact) mass is 493 g/mol. The molecule has 5 rings (SSSR count). The van der Waals surface area contributed by atoms with Gasteiger partial charge in [-0.25, -0.2) is 15.0 Å². The molecule has 0 radical (unpaired) electrons. The summed E-state index contributed by atoms with van der Waals surface area (Å²) in [5.41, 5.74) is 4.70. The molecule has 8 nitrogen and oxygen atoms in total. The van der Waals surface area contributed by atoms with Crippen molar-refractivity contribution in [2.24, 2.45) is 5.92 Å². The van der Waals surface area contributed by atoms with Crippen LogP contribution in [-0.2, 0) is 11.2 Å². The number of fused-ring (bicyclic) bond motifs is 1. The van der Waals surface area contributed by atoms with Crippen LogP contribution < -0.4 is 9.64 Å². The van der Waals surface area contributed by atoms with Crippen LogP contribution in [0.1, 0.15) is 29.8 Å². The van der Waals surface area contributed by atoms with E-state index in [-0.39, 0.29) is 5.75 Å². The van der Waals surface area contributed by atoms with Crippen molar-refractivity contribution in [2.75, 3.05) is 18.0 Å². The number of benzene rings is 1. The van der Waals surface area contributed by atoms with E-state index < -0.39 is 18.5 Å². The highest BCUT2D eigenvalue weighted by molar-refractivity contribution is 5.71. The molecule has 0 bridgehead atoms. The highest BCUT2D eigenvalue weighted by Crippen LogP contribution is 2.27. The third kappa shape index (κ3) is 4.84. The van der Waals surface area contributed by atoms with E-state index in [1.165, 1.54) is 6.07 Å². The van der Waals surface area contributed by atoms with Crippen LogP contribution in [0.25, 0.3) is 16.8 Å². The van der Waals surface area contributed by atoms with Crippen LogP contribution in [0.3, 0.4) is 0 Å². The average molecular weight is 494 g/mol. The number of nitrogens with zero attached hydrogens (tertiary/aromatic N) is 5. The first-order valence-electron chi connectivity index (χ1n) is 11.7. The second-order valence-corrected chi connectivity index (χ2v) is 8.85. The number of alkyl halides is 2. The molecule has 1 saturated heterocycles. The van der Waals surface area contributed by atoms with Gasteiger partial charge in [0.05, 0.1) is 11.6 Å². The number of carboxylic acids is 1. The summed E-state index contributed by atoms with van der Waals surface area (Å²) in [6.07, 6.45) is 7.20. The van der Waals surface area contributed by atoms with Crippen molar-refractivity contribution < 1.29 is 23.4 Å². The third-order valence-corrected chi connectivity index (χ3v) is 6.49. The Morgan fingerprint density at radius 3 is 2.69 bits per heavy atom. The molecule has 0 saturated carbocycles. The number of imidazole rings is 1. The zero-order chi connectivity index (χ0) is 25.2. The van der Waals surface area contributed by atoms with E-state index >= 15 is 0 Å². The minimum absolute atomic E-state index is 0.143. The van der Waals surface area contributed by atoms with Crippen LogP contribution in [0.15, 0.2) is 55.0 Å².